The number of hydrogen-bond donors (Lipinski definition) is 1. The van der Waals surface area contributed by atoms with Crippen LogP contribution in [0.5, 0.6) is 0 Å². The van der Waals surface area contributed by atoms with Crippen LogP contribution in [0.15, 0.2) is 12.5 Å². The monoisotopic (exact) mass is 262 g/mol. The molecule has 106 valence electrons. The predicted octanol–water partition coefficient (Wildman–Crippen LogP) is 2.04. The van der Waals surface area contributed by atoms with E-state index in [1.807, 2.05) is 6.33 Å². The molecule has 0 spiro atoms. The van der Waals surface area contributed by atoms with Crippen molar-refractivity contribution >= 4 is 0 Å². The number of nitrogens with zero attached hydrogens (tertiary/aromatic N) is 3. The van der Waals surface area contributed by atoms with Crippen molar-refractivity contribution in [3.63, 3.8) is 0 Å². The molecule has 2 aliphatic rings. The molecule has 1 aliphatic carbocycles. The second-order valence-electron chi connectivity index (χ2n) is 6.05. The lowest BCUT2D eigenvalue weighted by Crippen LogP contribution is -2.37. The number of piperidine rings is 1. The van der Waals surface area contributed by atoms with Crippen LogP contribution in [-0.2, 0) is 6.54 Å². The Morgan fingerprint density at radius 1 is 1.26 bits per heavy atom. The Morgan fingerprint density at radius 2 is 2.05 bits per heavy atom. The number of imidazole rings is 1. The molecule has 1 aromatic heterocycles. The van der Waals surface area contributed by atoms with Crippen LogP contribution < -0.4 is 5.32 Å². The molecule has 0 unspecified atom stereocenters. The van der Waals surface area contributed by atoms with Crippen molar-refractivity contribution in [2.24, 2.45) is 5.92 Å². The van der Waals surface area contributed by atoms with E-state index < -0.39 is 0 Å². The molecule has 1 aliphatic heterocycles. The number of rotatable bonds is 6. The highest BCUT2D eigenvalue weighted by atomic mass is 15.2. The molecule has 2 heterocycles. The summed E-state index contributed by atoms with van der Waals surface area (Å²) in [4.78, 5) is 6.93. The fourth-order valence-corrected chi connectivity index (χ4v) is 3.06. The van der Waals surface area contributed by atoms with Crippen LogP contribution in [0, 0.1) is 5.92 Å². The van der Waals surface area contributed by atoms with Gasteiger partial charge >= 0.3 is 0 Å². The topological polar surface area (TPSA) is 33.1 Å². The third-order valence-corrected chi connectivity index (χ3v) is 4.46. The summed E-state index contributed by atoms with van der Waals surface area (Å²) < 4.78 is 2.39. The Balaban J connectivity index is 1.47. The van der Waals surface area contributed by atoms with Crippen LogP contribution in [0.3, 0.4) is 0 Å². The highest BCUT2D eigenvalue weighted by Gasteiger charge is 2.26. The Kier molecular flexibility index (Phi) is 4.18. The Morgan fingerprint density at radius 3 is 2.74 bits per heavy atom. The summed E-state index contributed by atoms with van der Waals surface area (Å²) in [6.45, 7) is 8.06. The van der Waals surface area contributed by atoms with Gasteiger partial charge in [-0.1, -0.05) is 6.92 Å². The van der Waals surface area contributed by atoms with E-state index in [0.717, 1.165) is 25.0 Å². The van der Waals surface area contributed by atoms with Gasteiger partial charge in [0.15, 0.2) is 0 Å². The maximum Gasteiger partial charge on any atom is 0.0951 e. The van der Waals surface area contributed by atoms with E-state index in [4.69, 9.17) is 0 Å². The van der Waals surface area contributed by atoms with Crippen molar-refractivity contribution in [1.29, 1.82) is 0 Å². The predicted molar refractivity (Wildman–Crippen MR) is 77.0 cm³/mol. The number of nitrogens with one attached hydrogen (secondary N) is 1. The van der Waals surface area contributed by atoms with E-state index in [0.29, 0.717) is 0 Å². The lowest BCUT2D eigenvalue weighted by molar-refractivity contribution is 0.172. The van der Waals surface area contributed by atoms with Gasteiger partial charge in [0.25, 0.3) is 0 Å². The van der Waals surface area contributed by atoms with Crippen LogP contribution >= 0.6 is 0 Å². The summed E-state index contributed by atoms with van der Waals surface area (Å²) in [5.74, 6) is 0.879. The summed E-state index contributed by atoms with van der Waals surface area (Å²) in [5, 5.41) is 3.48. The molecule has 0 bridgehead atoms. The van der Waals surface area contributed by atoms with Crippen LogP contribution in [0.4, 0.5) is 0 Å². The normalized spacial score (nSPS) is 21.9. The van der Waals surface area contributed by atoms with Gasteiger partial charge in [0.05, 0.1) is 12.0 Å². The molecular weight excluding hydrogens is 236 g/mol. The average molecular weight is 262 g/mol. The first-order chi connectivity index (χ1) is 9.36. The highest BCUT2D eigenvalue weighted by molar-refractivity contribution is 5.03. The zero-order valence-corrected chi connectivity index (χ0v) is 12.0. The fourth-order valence-electron chi connectivity index (χ4n) is 3.06. The molecule has 3 rings (SSSR count). The molecule has 0 radical (unpaired) electrons. The van der Waals surface area contributed by atoms with E-state index in [2.05, 4.69) is 32.9 Å². The summed E-state index contributed by atoms with van der Waals surface area (Å²) in [6.07, 6.45) is 9.44. The van der Waals surface area contributed by atoms with E-state index >= 15 is 0 Å². The van der Waals surface area contributed by atoms with Crippen LogP contribution in [0.2, 0.25) is 0 Å². The summed E-state index contributed by atoms with van der Waals surface area (Å²) >= 11 is 0. The molecule has 4 nitrogen and oxygen atoms in total. The molecule has 0 amide bonds. The third kappa shape index (κ3) is 3.37. The van der Waals surface area contributed by atoms with Crippen LogP contribution in [0.25, 0.3) is 0 Å². The Hall–Kier alpha value is -0.870. The maximum absolute atomic E-state index is 4.33. The first kappa shape index (κ1) is 13.1. The standard InChI is InChI=1S/C15H26N4/c1-2-16-9-13-5-7-18(8-6-13)11-15-10-17-12-19(15)14-3-4-14/h10,12-14,16H,2-9,11H2,1H3. The van der Waals surface area contributed by atoms with E-state index in [1.165, 1.54) is 51.0 Å². The lowest BCUT2D eigenvalue weighted by Gasteiger charge is -2.32. The minimum atomic E-state index is 0.754. The molecule has 0 aromatic carbocycles. The maximum atomic E-state index is 4.33. The second-order valence-corrected chi connectivity index (χ2v) is 6.05. The van der Waals surface area contributed by atoms with Crippen LogP contribution in [0.1, 0.15) is 44.3 Å². The quantitative estimate of drug-likeness (QED) is 0.851. The van der Waals surface area contributed by atoms with Gasteiger partial charge in [-0.3, -0.25) is 4.90 Å². The average Bonchev–Trinajstić information content (AvgIpc) is 3.19. The van der Waals surface area contributed by atoms with Crippen molar-refractivity contribution in [2.45, 2.75) is 45.2 Å². The Labute approximate surface area is 116 Å². The van der Waals surface area contributed by atoms with Gasteiger partial charge in [0.1, 0.15) is 0 Å². The second kappa shape index (κ2) is 6.06. The number of aromatic nitrogens is 2. The Bertz CT molecular complexity index is 389. The molecule has 19 heavy (non-hydrogen) atoms. The smallest absolute Gasteiger partial charge is 0.0951 e. The minimum absolute atomic E-state index is 0.754. The highest BCUT2D eigenvalue weighted by Crippen LogP contribution is 2.36. The van der Waals surface area contributed by atoms with Crippen molar-refractivity contribution in [3.05, 3.63) is 18.2 Å². The zero-order valence-electron chi connectivity index (χ0n) is 12.0. The minimum Gasteiger partial charge on any atom is -0.330 e. The van der Waals surface area contributed by atoms with Gasteiger partial charge in [-0.05, 0) is 57.8 Å². The summed E-state index contributed by atoms with van der Waals surface area (Å²) in [5.41, 5.74) is 1.41. The van der Waals surface area contributed by atoms with Gasteiger partial charge in [0.2, 0.25) is 0 Å². The van der Waals surface area contributed by atoms with Crippen molar-refractivity contribution in [3.8, 4) is 0 Å². The van der Waals surface area contributed by atoms with E-state index in [-0.39, 0.29) is 0 Å². The fraction of sp³-hybridized carbons (Fsp3) is 0.800. The molecule has 1 saturated carbocycles. The zero-order chi connectivity index (χ0) is 13.1. The largest absolute Gasteiger partial charge is 0.330 e. The molecule has 1 aromatic rings. The van der Waals surface area contributed by atoms with Crippen molar-refractivity contribution in [2.75, 3.05) is 26.2 Å². The SMILES string of the molecule is CCNCC1CCN(Cc2cncn2C2CC2)CC1. The molecule has 0 atom stereocenters. The van der Waals surface area contributed by atoms with Gasteiger partial charge < -0.3 is 9.88 Å². The van der Waals surface area contributed by atoms with Gasteiger partial charge in [-0.25, -0.2) is 4.98 Å². The molecule has 1 saturated heterocycles. The first-order valence-corrected chi connectivity index (χ1v) is 7.80. The van der Waals surface area contributed by atoms with Gasteiger partial charge in [-0.15, -0.1) is 0 Å². The van der Waals surface area contributed by atoms with Crippen molar-refractivity contribution < 1.29 is 0 Å². The van der Waals surface area contributed by atoms with Crippen molar-refractivity contribution in [1.82, 2.24) is 19.8 Å². The number of hydrogen-bond acceptors (Lipinski definition) is 3. The van der Waals surface area contributed by atoms with Crippen LogP contribution in [-0.4, -0.2) is 40.6 Å². The lowest BCUT2D eigenvalue weighted by atomic mass is 9.97. The summed E-state index contributed by atoms with van der Waals surface area (Å²) in [7, 11) is 0. The molecule has 1 N–H and O–H groups in total. The van der Waals surface area contributed by atoms with Gasteiger partial charge in [-0.2, -0.15) is 0 Å². The third-order valence-electron chi connectivity index (χ3n) is 4.46. The van der Waals surface area contributed by atoms with Gasteiger partial charge in [0, 0.05) is 18.8 Å². The van der Waals surface area contributed by atoms with E-state index in [1.54, 1.807) is 0 Å². The molecule has 4 heteroatoms. The summed E-state index contributed by atoms with van der Waals surface area (Å²) in [6, 6.07) is 0.754. The molecular formula is C15H26N4. The van der Waals surface area contributed by atoms with E-state index in [9.17, 15) is 0 Å². The molecule has 2 fully saturated rings. The number of likely N-dealkylation sites (tertiary alicyclic amines) is 1. The first-order valence-electron chi connectivity index (χ1n) is 7.80.